The van der Waals surface area contributed by atoms with E-state index in [9.17, 15) is 25.2 Å². The van der Waals surface area contributed by atoms with Gasteiger partial charge in [0.2, 0.25) is 0 Å². The summed E-state index contributed by atoms with van der Waals surface area (Å²) >= 11 is 2.19. The molecule has 0 heterocycles. The Labute approximate surface area is 150 Å². The van der Waals surface area contributed by atoms with Crippen molar-refractivity contribution in [3.63, 3.8) is 0 Å². The summed E-state index contributed by atoms with van der Waals surface area (Å²) in [6.07, 6.45) is 0. The number of benzene rings is 2. The number of halogens is 7. The van der Waals surface area contributed by atoms with Crippen LogP contribution < -0.4 is 22.6 Å². The Morgan fingerprint density at radius 2 is 1.12 bits per heavy atom. The van der Waals surface area contributed by atoms with Crippen molar-refractivity contribution in [2.75, 3.05) is 0 Å². The molecule has 0 saturated carbocycles. The number of hydrogen-bond donors (Lipinski definition) is 0. The molecule has 0 bridgehead atoms. The normalized spacial score (nSPS) is 14.9. The SMILES string of the molecule is Cc1ccccc1-c1ccccc1C(C)(C)[IH+].F[P-](F)(F)(F)(F)F. The summed E-state index contributed by atoms with van der Waals surface area (Å²) in [6, 6.07) is 17.3. The van der Waals surface area contributed by atoms with Crippen molar-refractivity contribution in [3.8, 4) is 11.1 Å². The van der Waals surface area contributed by atoms with Crippen LogP contribution in [-0.2, 0) is 3.42 Å². The fourth-order valence-electron chi connectivity index (χ4n) is 2.12. The van der Waals surface area contributed by atoms with E-state index >= 15 is 0 Å². The average molecular weight is 482 g/mol. The van der Waals surface area contributed by atoms with Crippen molar-refractivity contribution in [1.82, 2.24) is 0 Å². The van der Waals surface area contributed by atoms with Crippen LogP contribution in [0.1, 0.15) is 25.0 Å². The van der Waals surface area contributed by atoms with Gasteiger partial charge in [0.15, 0.2) is 3.42 Å². The number of aryl methyl sites for hydroxylation is 1. The molecule has 0 aromatic heterocycles. The molecule has 0 N–H and O–H groups in total. The molecule has 0 aliphatic carbocycles. The maximum atomic E-state index is 9.87. The summed E-state index contributed by atoms with van der Waals surface area (Å²) < 4.78 is 59.4. The van der Waals surface area contributed by atoms with Crippen molar-refractivity contribution < 1.29 is 47.8 Å². The maximum absolute atomic E-state index is 10.7. The molecule has 0 atom stereocenters. The van der Waals surface area contributed by atoms with E-state index in [0.29, 0.717) is 0 Å². The molecule has 136 valence electrons. The number of rotatable bonds is 2. The molecule has 0 unspecified atom stereocenters. The van der Waals surface area contributed by atoms with Gasteiger partial charge in [-0.15, -0.1) is 0 Å². The van der Waals surface area contributed by atoms with Gasteiger partial charge in [0.1, 0.15) is 0 Å². The van der Waals surface area contributed by atoms with Gasteiger partial charge in [-0.05, 0) is 37.5 Å². The molecule has 2 aromatic rings. The van der Waals surface area contributed by atoms with Crippen LogP contribution in [0.4, 0.5) is 25.2 Å². The fourth-order valence-corrected chi connectivity index (χ4v) is 2.63. The van der Waals surface area contributed by atoms with Gasteiger partial charge in [-0.25, -0.2) is 0 Å². The molecule has 0 aliphatic heterocycles. The van der Waals surface area contributed by atoms with Gasteiger partial charge in [-0.3, -0.25) is 0 Å². The Kier molecular flexibility index (Phi) is 5.45. The fraction of sp³-hybridized carbons (Fsp3) is 0.250. The van der Waals surface area contributed by atoms with Crippen LogP contribution in [0.2, 0.25) is 0 Å². The Morgan fingerprint density at radius 3 is 1.54 bits per heavy atom. The van der Waals surface area contributed by atoms with E-state index in [2.05, 4.69) is 91.9 Å². The van der Waals surface area contributed by atoms with Gasteiger partial charge in [-0.1, -0.05) is 48.5 Å². The summed E-state index contributed by atoms with van der Waals surface area (Å²) in [4.78, 5) is 0. The van der Waals surface area contributed by atoms with Gasteiger partial charge in [0.05, 0.1) is 0 Å². The van der Waals surface area contributed by atoms with E-state index in [0.717, 1.165) is 0 Å². The van der Waals surface area contributed by atoms with E-state index in [-0.39, 0.29) is 3.42 Å². The first-order valence-electron chi connectivity index (χ1n) is 6.87. The molecule has 0 amide bonds. The first-order chi connectivity index (χ1) is 10.4. The second-order valence-electron chi connectivity index (χ2n) is 5.83. The minimum atomic E-state index is -10.7. The quantitative estimate of drug-likeness (QED) is 0.255. The Hall–Kier alpha value is -0.820. The third kappa shape index (κ3) is 8.87. The van der Waals surface area contributed by atoms with E-state index in [4.69, 9.17) is 0 Å². The zero-order valence-electron chi connectivity index (χ0n) is 13.2. The minimum absolute atomic E-state index is 0.189. The van der Waals surface area contributed by atoms with Crippen LogP contribution in [0.5, 0.6) is 0 Å². The van der Waals surface area contributed by atoms with Crippen LogP contribution in [0.3, 0.4) is 0 Å². The molecule has 0 spiro atoms. The summed E-state index contributed by atoms with van der Waals surface area (Å²) in [6.45, 7) is 6.72. The third-order valence-corrected chi connectivity index (χ3v) is 3.64. The van der Waals surface area contributed by atoms with Crippen LogP contribution in [0.15, 0.2) is 48.5 Å². The topological polar surface area (TPSA) is 0 Å². The van der Waals surface area contributed by atoms with E-state index in [1.807, 2.05) is 0 Å². The Morgan fingerprint density at radius 1 is 0.750 bits per heavy atom. The molecular weight excluding hydrogens is 464 g/mol. The molecule has 0 fully saturated rings. The molecule has 2 rings (SSSR count). The first-order valence-corrected chi connectivity index (χ1v) is 10.1. The monoisotopic (exact) mass is 482 g/mol. The van der Waals surface area contributed by atoms with Crippen LogP contribution >= 0.6 is 7.81 Å². The molecule has 2 aromatic carbocycles. The van der Waals surface area contributed by atoms with Crippen molar-refractivity contribution in [2.45, 2.75) is 24.2 Å². The first kappa shape index (κ1) is 21.2. The van der Waals surface area contributed by atoms with E-state index in [1.165, 1.54) is 22.3 Å². The molecule has 8 heteroatoms. The molecule has 0 saturated heterocycles. The van der Waals surface area contributed by atoms with Crippen molar-refractivity contribution in [3.05, 3.63) is 59.7 Å². The zero-order chi connectivity index (χ0) is 18.9. The number of hydrogen-bond acceptors (Lipinski definition) is 0. The van der Waals surface area contributed by atoms with Gasteiger partial charge in [-0.2, -0.15) is 0 Å². The second-order valence-corrected chi connectivity index (χ2v) is 10.7. The van der Waals surface area contributed by atoms with Crippen LogP contribution in [-0.4, -0.2) is 0 Å². The number of alkyl halides is 1. The Balaban J connectivity index is 0.000000351. The molecular formula is C16H18F6IP. The summed E-state index contributed by atoms with van der Waals surface area (Å²) in [5.74, 6) is 0. The molecule has 0 aliphatic rings. The van der Waals surface area contributed by atoms with Gasteiger partial charge in [0.25, 0.3) is 22.6 Å². The van der Waals surface area contributed by atoms with Crippen molar-refractivity contribution in [1.29, 1.82) is 0 Å². The Bertz CT molecular complexity index is 706. The second kappa shape index (κ2) is 6.16. The zero-order valence-corrected chi connectivity index (χ0v) is 16.5. The molecule has 24 heavy (non-hydrogen) atoms. The van der Waals surface area contributed by atoms with Crippen molar-refractivity contribution in [2.24, 2.45) is 0 Å². The average Bonchev–Trinajstić information content (AvgIpc) is 2.34. The predicted octanol–water partition coefficient (Wildman–Crippen LogP) is 4.57. The van der Waals surface area contributed by atoms with Crippen LogP contribution in [0, 0.1) is 6.92 Å². The van der Waals surface area contributed by atoms with Crippen LogP contribution in [0.25, 0.3) is 11.1 Å². The van der Waals surface area contributed by atoms with E-state index < -0.39 is 7.81 Å². The summed E-state index contributed by atoms with van der Waals surface area (Å²) in [5.41, 5.74) is 5.46. The van der Waals surface area contributed by atoms with Gasteiger partial charge < -0.3 is 0 Å². The predicted molar refractivity (Wildman–Crippen MR) is 84.6 cm³/mol. The standard InChI is InChI=1S/C16H18I.F6P/c1-12-8-4-5-9-13(12)14-10-6-7-11-15(14)16(2,3)17;1-7(2,3,4,5)6/h4-11,17H,1-3H3;/q+1;-1. The van der Waals surface area contributed by atoms with Crippen molar-refractivity contribution >= 4 is 7.81 Å². The summed E-state index contributed by atoms with van der Waals surface area (Å²) in [5, 5.41) is 0. The molecule has 0 nitrogen and oxygen atoms in total. The van der Waals surface area contributed by atoms with E-state index in [1.54, 1.807) is 0 Å². The molecule has 0 radical (unpaired) electrons. The third-order valence-electron chi connectivity index (χ3n) is 3.01. The van der Waals surface area contributed by atoms with Gasteiger partial charge in [0, 0.05) is 5.56 Å². The summed E-state index contributed by atoms with van der Waals surface area (Å²) in [7, 11) is -10.7. The van der Waals surface area contributed by atoms with Gasteiger partial charge >= 0.3 is 33.0 Å².